The average molecular weight is 607 g/mol. The summed E-state index contributed by atoms with van der Waals surface area (Å²) in [4.78, 5) is 71.0. The van der Waals surface area contributed by atoms with E-state index in [9.17, 15) is 29.1 Å². The first kappa shape index (κ1) is 30.1. The molecule has 2 N–H and O–H groups in total. The molecule has 12 nitrogen and oxygen atoms in total. The highest BCUT2D eigenvalue weighted by atomic mass is 35.5. The summed E-state index contributed by atoms with van der Waals surface area (Å²) in [5, 5.41) is 15.1. The van der Waals surface area contributed by atoms with E-state index in [1.165, 1.54) is 26.1 Å². The first-order chi connectivity index (χ1) is 19.5. The first-order valence-electron chi connectivity index (χ1n) is 12.7. The number of amides is 4. The van der Waals surface area contributed by atoms with Gasteiger partial charge in [0.2, 0.25) is 5.91 Å². The summed E-state index contributed by atoms with van der Waals surface area (Å²) in [5.74, 6) is -3.49. The lowest BCUT2D eigenvalue weighted by Gasteiger charge is -2.38. The van der Waals surface area contributed by atoms with Crippen LogP contribution in [0.1, 0.15) is 42.1 Å². The van der Waals surface area contributed by atoms with Crippen molar-refractivity contribution in [3.05, 3.63) is 63.6 Å². The van der Waals surface area contributed by atoms with Crippen LogP contribution in [0.3, 0.4) is 0 Å². The van der Waals surface area contributed by atoms with E-state index in [0.717, 1.165) is 20.6 Å². The normalized spacial score (nSPS) is 20.0. The summed E-state index contributed by atoms with van der Waals surface area (Å²) in [6, 6.07) is 8.22. The molecule has 2 aromatic rings. The minimum Gasteiger partial charge on any atom is -0.505 e. The highest BCUT2D eigenvalue weighted by Gasteiger charge is 2.43. The molecule has 0 aromatic heterocycles. The van der Waals surface area contributed by atoms with Crippen molar-refractivity contribution in [1.29, 1.82) is 0 Å². The van der Waals surface area contributed by atoms with Gasteiger partial charge in [0.25, 0.3) is 17.7 Å². The van der Waals surface area contributed by atoms with Gasteiger partial charge >= 0.3 is 5.97 Å². The zero-order valence-electron chi connectivity index (χ0n) is 22.2. The van der Waals surface area contributed by atoms with Crippen molar-refractivity contribution >= 4 is 52.8 Å². The van der Waals surface area contributed by atoms with Crippen LogP contribution in [0.2, 0.25) is 10.0 Å². The molecule has 4 rings (SSSR count). The minimum absolute atomic E-state index is 0.00311. The largest absolute Gasteiger partial charge is 0.505 e. The Morgan fingerprint density at radius 3 is 2.44 bits per heavy atom. The number of rotatable bonds is 8. The van der Waals surface area contributed by atoms with Gasteiger partial charge in [-0.15, -0.1) is 0 Å². The van der Waals surface area contributed by atoms with Crippen LogP contribution >= 0.6 is 23.2 Å². The van der Waals surface area contributed by atoms with E-state index < -0.39 is 53.5 Å². The van der Waals surface area contributed by atoms with E-state index in [1.54, 1.807) is 24.3 Å². The molecule has 0 saturated carbocycles. The van der Waals surface area contributed by atoms with Crippen LogP contribution < -0.4 is 5.32 Å². The molecule has 2 aliphatic rings. The number of phenolic OH excluding ortho intramolecular Hbond substituents is 1. The average Bonchev–Trinajstić information content (AvgIpc) is 3.35. The SMILES string of the molecule is CC(C(=O)N(OCc1ccccc1)C1COC(=O)C1)N1C(=O)C(NC(=O)c2cc(Cl)c(O)c(Cl)c2)CCC(=O)N1C. The molecule has 3 atom stereocenters. The van der Waals surface area contributed by atoms with E-state index in [-0.39, 0.29) is 48.1 Å². The number of hydrazine groups is 1. The lowest BCUT2D eigenvalue weighted by molar-refractivity contribution is -0.215. The van der Waals surface area contributed by atoms with Crippen LogP contribution in [0.4, 0.5) is 0 Å². The molecule has 0 radical (unpaired) electrons. The molecule has 2 aliphatic heterocycles. The zero-order valence-corrected chi connectivity index (χ0v) is 23.7. The topological polar surface area (TPSA) is 146 Å². The van der Waals surface area contributed by atoms with Crippen LogP contribution in [-0.4, -0.2) is 81.6 Å². The van der Waals surface area contributed by atoms with Crippen molar-refractivity contribution in [2.45, 2.75) is 50.9 Å². The van der Waals surface area contributed by atoms with Gasteiger partial charge in [0, 0.05) is 19.0 Å². The summed E-state index contributed by atoms with van der Waals surface area (Å²) in [6.07, 6.45) is -0.239. The van der Waals surface area contributed by atoms with Gasteiger partial charge in [0.05, 0.1) is 16.5 Å². The molecule has 2 aromatic carbocycles. The molecule has 3 unspecified atom stereocenters. The minimum atomic E-state index is -1.27. The highest BCUT2D eigenvalue weighted by molar-refractivity contribution is 6.37. The molecular formula is C27H28Cl2N4O8. The number of phenols is 1. The van der Waals surface area contributed by atoms with Gasteiger partial charge in [0.15, 0.2) is 5.75 Å². The Labute approximate surface area is 245 Å². The van der Waals surface area contributed by atoms with Gasteiger partial charge in [-0.25, -0.2) is 10.1 Å². The van der Waals surface area contributed by atoms with Crippen molar-refractivity contribution in [3.8, 4) is 5.75 Å². The molecule has 0 spiro atoms. The Morgan fingerprint density at radius 1 is 1.17 bits per heavy atom. The summed E-state index contributed by atoms with van der Waals surface area (Å²) in [7, 11) is 1.35. The number of esters is 1. The van der Waals surface area contributed by atoms with Crippen LogP contribution in [0, 0.1) is 0 Å². The Hall–Kier alpha value is -3.87. The number of halogens is 2. The standard InChI is InChI=1S/C27H28Cl2N4O8/c1-15(26(38)33(18-12-23(35)40-14-18)41-13-16-6-4-3-5-7-16)32-27(39)21(8-9-22(34)31(32)2)30-25(37)17-10-19(28)24(36)20(29)11-17/h3-7,10-11,15,18,21,36H,8-9,12-14H2,1-2H3,(H,30,37). The van der Waals surface area contributed by atoms with Gasteiger partial charge in [-0.05, 0) is 31.0 Å². The van der Waals surface area contributed by atoms with Crippen LogP contribution in [0.15, 0.2) is 42.5 Å². The van der Waals surface area contributed by atoms with Crippen molar-refractivity contribution in [2.24, 2.45) is 0 Å². The predicted octanol–water partition coefficient (Wildman–Crippen LogP) is 2.46. The van der Waals surface area contributed by atoms with Crippen LogP contribution in [0.25, 0.3) is 0 Å². The summed E-state index contributed by atoms with van der Waals surface area (Å²) in [5.41, 5.74) is 0.746. The van der Waals surface area contributed by atoms with Crippen molar-refractivity contribution in [2.75, 3.05) is 13.7 Å². The van der Waals surface area contributed by atoms with E-state index in [0.29, 0.717) is 0 Å². The van der Waals surface area contributed by atoms with E-state index in [4.69, 9.17) is 32.8 Å². The quantitative estimate of drug-likeness (QED) is 0.344. The summed E-state index contributed by atoms with van der Waals surface area (Å²) in [6.45, 7) is 1.33. The third kappa shape index (κ3) is 6.72. The molecule has 2 fully saturated rings. The maximum Gasteiger partial charge on any atom is 0.308 e. The van der Waals surface area contributed by atoms with E-state index in [1.807, 2.05) is 6.07 Å². The number of nitrogens with one attached hydrogen (secondary N) is 1. The number of benzene rings is 2. The monoisotopic (exact) mass is 606 g/mol. The van der Waals surface area contributed by atoms with Crippen molar-refractivity contribution in [1.82, 2.24) is 20.4 Å². The van der Waals surface area contributed by atoms with E-state index >= 15 is 0 Å². The van der Waals surface area contributed by atoms with Crippen molar-refractivity contribution in [3.63, 3.8) is 0 Å². The maximum absolute atomic E-state index is 13.8. The smallest absolute Gasteiger partial charge is 0.308 e. The molecule has 218 valence electrons. The molecule has 14 heteroatoms. The number of hydroxylamine groups is 2. The number of carbonyl (C=O) groups excluding carboxylic acids is 5. The third-order valence-electron chi connectivity index (χ3n) is 6.76. The zero-order chi connectivity index (χ0) is 29.8. The predicted molar refractivity (Wildman–Crippen MR) is 145 cm³/mol. The second-order valence-corrected chi connectivity index (χ2v) is 10.4. The molecule has 2 heterocycles. The van der Waals surface area contributed by atoms with E-state index in [2.05, 4.69) is 5.32 Å². The lowest BCUT2D eigenvalue weighted by atomic mass is 10.1. The Kier molecular flexibility index (Phi) is 9.36. The molecule has 4 amide bonds. The molecule has 0 bridgehead atoms. The van der Waals surface area contributed by atoms with Gasteiger partial charge in [-0.3, -0.25) is 33.8 Å². The van der Waals surface area contributed by atoms with Gasteiger partial charge in [-0.2, -0.15) is 0 Å². The second-order valence-electron chi connectivity index (χ2n) is 9.59. The Bertz CT molecular complexity index is 1340. The second kappa shape index (κ2) is 12.8. The lowest BCUT2D eigenvalue weighted by Crippen LogP contribution is -2.60. The maximum atomic E-state index is 13.8. The number of ether oxygens (including phenoxy) is 1. The highest BCUT2D eigenvalue weighted by Crippen LogP contribution is 2.33. The number of aromatic hydroxyl groups is 1. The van der Waals surface area contributed by atoms with Crippen LogP contribution in [-0.2, 0) is 35.4 Å². The van der Waals surface area contributed by atoms with Gasteiger partial charge < -0.3 is 15.2 Å². The number of hydrogen-bond acceptors (Lipinski definition) is 8. The number of nitrogens with zero attached hydrogens (tertiary/aromatic N) is 3. The molecule has 41 heavy (non-hydrogen) atoms. The molecule has 2 saturated heterocycles. The molecular weight excluding hydrogens is 579 g/mol. The number of cyclic esters (lactones) is 1. The fraction of sp³-hybridized carbons (Fsp3) is 0.370. The van der Waals surface area contributed by atoms with Crippen LogP contribution in [0.5, 0.6) is 5.75 Å². The first-order valence-corrected chi connectivity index (χ1v) is 13.5. The van der Waals surface area contributed by atoms with Gasteiger partial charge in [-0.1, -0.05) is 53.5 Å². The fourth-order valence-electron chi connectivity index (χ4n) is 4.51. The number of carbonyl (C=O) groups is 5. The summed E-state index contributed by atoms with van der Waals surface area (Å²) >= 11 is 11.9. The number of hydrogen-bond donors (Lipinski definition) is 2. The fourth-order valence-corrected chi connectivity index (χ4v) is 5.00. The van der Waals surface area contributed by atoms with Crippen molar-refractivity contribution < 1.29 is 38.7 Å². The third-order valence-corrected chi connectivity index (χ3v) is 7.34. The Morgan fingerprint density at radius 2 is 1.83 bits per heavy atom. The van der Waals surface area contributed by atoms with Gasteiger partial charge in [0.1, 0.15) is 31.3 Å². The Balaban J connectivity index is 1.56. The summed E-state index contributed by atoms with van der Waals surface area (Å²) < 4.78 is 5.04. The molecule has 0 aliphatic carbocycles.